The molecule has 0 bridgehead atoms. The molecule has 1 amide bonds. The van der Waals surface area contributed by atoms with Gasteiger partial charge in [0.2, 0.25) is 10.0 Å². The van der Waals surface area contributed by atoms with Crippen molar-refractivity contribution in [2.45, 2.75) is 24.8 Å². The number of primary sulfonamides is 1. The Morgan fingerprint density at radius 3 is 2.64 bits per heavy atom. The lowest BCUT2D eigenvalue weighted by molar-refractivity contribution is 0.0654. The number of nitrogens with zero attached hydrogens (tertiary/aromatic N) is 1. The molecule has 2 rings (SSSR count). The van der Waals surface area contributed by atoms with Crippen LogP contribution in [0.3, 0.4) is 0 Å². The molecule has 22 heavy (non-hydrogen) atoms. The summed E-state index contributed by atoms with van der Waals surface area (Å²) < 4.78 is 23.8. The molecule has 1 fully saturated rings. The molecular weight excluding hydrogens is 394 g/mol. The van der Waals surface area contributed by atoms with Gasteiger partial charge in [-0.1, -0.05) is 15.9 Å². The first kappa shape index (κ1) is 19.4. The third kappa shape index (κ3) is 3.99. The van der Waals surface area contributed by atoms with Gasteiger partial charge in [-0.05, 0) is 31.5 Å². The number of rotatable bonds is 2. The number of piperazine rings is 1. The van der Waals surface area contributed by atoms with Crippen molar-refractivity contribution in [3.63, 3.8) is 0 Å². The zero-order chi connectivity index (χ0) is 15.8. The maximum Gasteiger partial charge on any atom is 0.254 e. The molecule has 1 aromatic carbocycles. The first-order valence-corrected chi connectivity index (χ1v) is 8.90. The molecule has 1 heterocycles. The predicted octanol–water partition coefficient (Wildman–Crippen LogP) is 1.26. The van der Waals surface area contributed by atoms with Crippen molar-refractivity contribution < 1.29 is 13.2 Å². The van der Waals surface area contributed by atoms with Gasteiger partial charge in [-0.15, -0.1) is 12.4 Å². The number of hydrogen-bond donors (Lipinski definition) is 2. The second-order valence-corrected chi connectivity index (χ2v) is 7.62. The summed E-state index contributed by atoms with van der Waals surface area (Å²) in [5, 5.41) is 8.43. The molecule has 0 aliphatic carbocycles. The normalized spacial score (nSPS) is 18.7. The van der Waals surface area contributed by atoms with E-state index in [1.807, 2.05) is 6.92 Å². The van der Waals surface area contributed by atoms with E-state index in [1.54, 1.807) is 17.9 Å². The Morgan fingerprint density at radius 1 is 1.45 bits per heavy atom. The summed E-state index contributed by atoms with van der Waals surface area (Å²) in [5.41, 5.74) is 0.749. The van der Waals surface area contributed by atoms with Crippen molar-refractivity contribution >= 4 is 44.3 Å². The number of carbonyl (C=O) groups is 1. The Bertz CT molecular complexity index is 681. The number of carbonyl (C=O) groups excluding carboxylic acids is 1. The van der Waals surface area contributed by atoms with E-state index in [0.717, 1.165) is 13.1 Å². The summed E-state index contributed by atoms with van der Waals surface area (Å²) in [7, 11) is -3.87. The van der Waals surface area contributed by atoms with Gasteiger partial charge in [0.15, 0.2) is 0 Å². The van der Waals surface area contributed by atoms with Gasteiger partial charge in [-0.25, -0.2) is 13.6 Å². The molecule has 124 valence electrons. The van der Waals surface area contributed by atoms with Crippen LogP contribution >= 0.6 is 28.3 Å². The molecule has 0 radical (unpaired) electrons. The van der Waals surface area contributed by atoms with Crippen LogP contribution in [0.4, 0.5) is 0 Å². The van der Waals surface area contributed by atoms with Gasteiger partial charge < -0.3 is 10.2 Å². The molecule has 0 unspecified atom stereocenters. The van der Waals surface area contributed by atoms with Crippen molar-refractivity contribution in [1.82, 2.24) is 10.2 Å². The topological polar surface area (TPSA) is 92.5 Å². The van der Waals surface area contributed by atoms with Crippen LogP contribution in [-0.4, -0.2) is 44.9 Å². The molecule has 1 atom stereocenters. The molecule has 1 aromatic rings. The lowest BCUT2D eigenvalue weighted by Gasteiger charge is -2.34. The van der Waals surface area contributed by atoms with E-state index in [0.29, 0.717) is 22.1 Å². The summed E-state index contributed by atoms with van der Waals surface area (Å²) in [5.74, 6) is -0.173. The summed E-state index contributed by atoms with van der Waals surface area (Å²) in [4.78, 5) is 14.4. The maximum absolute atomic E-state index is 12.7. The molecule has 3 N–H and O–H groups in total. The monoisotopic (exact) mass is 411 g/mol. The van der Waals surface area contributed by atoms with Crippen molar-refractivity contribution in [2.75, 3.05) is 19.6 Å². The van der Waals surface area contributed by atoms with Crippen molar-refractivity contribution in [1.29, 1.82) is 0 Å². The minimum Gasteiger partial charge on any atom is -0.333 e. The quantitative estimate of drug-likeness (QED) is 0.765. The average Bonchev–Trinajstić information content (AvgIpc) is 2.39. The van der Waals surface area contributed by atoms with Crippen LogP contribution in [0.15, 0.2) is 21.5 Å². The maximum atomic E-state index is 12.7. The number of nitrogens with two attached hydrogens (primary N) is 1. The SMILES string of the molecule is Cc1c(C(=O)N2CCNC[C@H]2C)cc(Br)cc1S(N)(=O)=O.Cl. The zero-order valence-corrected chi connectivity index (χ0v) is 15.5. The van der Waals surface area contributed by atoms with Crippen LogP contribution < -0.4 is 10.5 Å². The summed E-state index contributed by atoms with van der Waals surface area (Å²) in [6, 6.07) is 3.12. The van der Waals surface area contributed by atoms with E-state index >= 15 is 0 Å². The number of nitrogens with one attached hydrogen (secondary N) is 1. The highest BCUT2D eigenvalue weighted by molar-refractivity contribution is 9.10. The number of amides is 1. The molecule has 0 saturated carbocycles. The van der Waals surface area contributed by atoms with E-state index < -0.39 is 10.0 Å². The lowest BCUT2D eigenvalue weighted by atomic mass is 10.1. The Balaban J connectivity index is 0.00000242. The van der Waals surface area contributed by atoms with Gasteiger partial charge in [0.1, 0.15) is 0 Å². The summed E-state index contributed by atoms with van der Waals surface area (Å²) >= 11 is 3.24. The third-order valence-electron chi connectivity index (χ3n) is 3.62. The van der Waals surface area contributed by atoms with Gasteiger partial charge in [0.25, 0.3) is 5.91 Å². The highest BCUT2D eigenvalue weighted by Gasteiger charge is 2.27. The van der Waals surface area contributed by atoms with E-state index in [9.17, 15) is 13.2 Å². The Labute approximate surface area is 145 Å². The minimum atomic E-state index is -3.87. The van der Waals surface area contributed by atoms with E-state index in [4.69, 9.17) is 5.14 Å². The molecule has 6 nitrogen and oxygen atoms in total. The molecular formula is C13H19BrClN3O3S. The van der Waals surface area contributed by atoms with E-state index in [-0.39, 0.29) is 29.3 Å². The standard InChI is InChI=1S/C13H18BrN3O3S.ClH/c1-8-7-16-3-4-17(8)13(18)11-5-10(14)6-12(9(11)2)21(15,19)20;/h5-6,8,16H,3-4,7H2,1-2H3,(H2,15,19,20);1H/t8-;/m1./s1. The van der Waals surface area contributed by atoms with E-state index in [2.05, 4.69) is 21.2 Å². The van der Waals surface area contributed by atoms with E-state index in [1.165, 1.54) is 6.07 Å². The molecule has 9 heteroatoms. The van der Waals surface area contributed by atoms with Gasteiger partial charge in [0, 0.05) is 35.7 Å². The summed E-state index contributed by atoms with van der Waals surface area (Å²) in [6.07, 6.45) is 0. The lowest BCUT2D eigenvalue weighted by Crippen LogP contribution is -2.52. The van der Waals surface area contributed by atoms with Crippen LogP contribution in [-0.2, 0) is 10.0 Å². The number of hydrogen-bond acceptors (Lipinski definition) is 4. The average molecular weight is 413 g/mol. The highest BCUT2D eigenvalue weighted by atomic mass is 79.9. The Morgan fingerprint density at radius 2 is 2.09 bits per heavy atom. The van der Waals surface area contributed by atoms with Crippen LogP contribution in [0, 0.1) is 6.92 Å². The van der Waals surface area contributed by atoms with Crippen LogP contribution in [0.2, 0.25) is 0 Å². The molecule has 1 aliphatic heterocycles. The van der Waals surface area contributed by atoms with Gasteiger partial charge in [-0.2, -0.15) is 0 Å². The molecule has 1 saturated heterocycles. The van der Waals surface area contributed by atoms with Crippen LogP contribution in [0.25, 0.3) is 0 Å². The number of benzene rings is 1. The second kappa shape index (κ2) is 7.27. The van der Waals surface area contributed by atoms with Crippen LogP contribution in [0.5, 0.6) is 0 Å². The largest absolute Gasteiger partial charge is 0.333 e. The first-order valence-electron chi connectivity index (χ1n) is 6.56. The fourth-order valence-corrected chi connectivity index (χ4v) is 3.91. The highest BCUT2D eigenvalue weighted by Crippen LogP contribution is 2.25. The molecule has 0 spiro atoms. The minimum absolute atomic E-state index is 0. The second-order valence-electron chi connectivity index (χ2n) is 5.17. The number of sulfonamides is 1. The van der Waals surface area contributed by atoms with Crippen molar-refractivity contribution in [2.24, 2.45) is 5.14 Å². The molecule has 1 aliphatic rings. The van der Waals surface area contributed by atoms with Crippen molar-refractivity contribution in [3.8, 4) is 0 Å². The number of halogens is 2. The third-order valence-corrected chi connectivity index (χ3v) is 5.12. The zero-order valence-electron chi connectivity index (χ0n) is 12.3. The smallest absolute Gasteiger partial charge is 0.254 e. The van der Waals surface area contributed by atoms with Crippen molar-refractivity contribution in [3.05, 3.63) is 27.7 Å². The molecule has 0 aromatic heterocycles. The Hall–Kier alpha value is -0.670. The fourth-order valence-electron chi connectivity index (χ4n) is 2.47. The van der Waals surface area contributed by atoms with Crippen LogP contribution in [0.1, 0.15) is 22.8 Å². The van der Waals surface area contributed by atoms with Gasteiger partial charge >= 0.3 is 0 Å². The van der Waals surface area contributed by atoms with Gasteiger partial charge in [0.05, 0.1) is 4.90 Å². The first-order chi connectivity index (χ1) is 9.71. The fraction of sp³-hybridized carbons (Fsp3) is 0.462. The Kier molecular flexibility index (Phi) is 6.40. The summed E-state index contributed by atoms with van der Waals surface area (Å²) in [6.45, 7) is 5.60. The van der Waals surface area contributed by atoms with Gasteiger partial charge in [-0.3, -0.25) is 4.79 Å². The predicted molar refractivity (Wildman–Crippen MR) is 90.9 cm³/mol.